The molecule has 0 aromatic heterocycles. The summed E-state index contributed by atoms with van der Waals surface area (Å²) in [6.07, 6.45) is -1.34. The third kappa shape index (κ3) is 3.00. The molecule has 0 saturated heterocycles. The normalized spacial score (nSPS) is 21.1. The minimum atomic E-state index is -1.34. The standard InChI is InChI=1S/C14H14ClNO5/c1-3-20-14(17)11-8(2)21-13(16(18)19)12(11)9-4-6-10(15)7-5-9/h4-7,12-13H,3H2,1-2H3/t12-,13+/m0/s1. The average molecular weight is 312 g/mol. The van der Waals surface area contributed by atoms with E-state index in [9.17, 15) is 14.9 Å². The van der Waals surface area contributed by atoms with Crippen LogP contribution >= 0.6 is 11.6 Å². The minimum absolute atomic E-state index is 0.181. The average Bonchev–Trinajstić information content (AvgIpc) is 2.78. The highest BCUT2D eigenvalue weighted by molar-refractivity contribution is 6.30. The van der Waals surface area contributed by atoms with Crippen molar-refractivity contribution in [3.63, 3.8) is 0 Å². The van der Waals surface area contributed by atoms with Crippen LogP contribution in [0.2, 0.25) is 5.02 Å². The molecule has 0 saturated carbocycles. The van der Waals surface area contributed by atoms with Crippen molar-refractivity contribution in [3.05, 3.63) is 56.3 Å². The summed E-state index contributed by atoms with van der Waals surface area (Å²) < 4.78 is 10.2. The van der Waals surface area contributed by atoms with Crippen LogP contribution in [0.15, 0.2) is 35.6 Å². The maximum atomic E-state index is 12.1. The van der Waals surface area contributed by atoms with Crippen LogP contribution in [0.1, 0.15) is 25.3 Å². The maximum absolute atomic E-state index is 12.1. The van der Waals surface area contributed by atoms with Crippen molar-refractivity contribution in [2.24, 2.45) is 0 Å². The predicted octanol–water partition coefficient (Wildman–Crippen LogP) is 2.89. The summed E-state index contributed by atoms with van der Waals surface area (Å²) in [5.41, 5.74) is 0.766. The lowest BCUT2D eigenvalue weighted by Crippen LogP contribution is -2.28. The third-order valence-electron chi connectivity index (χ3n) is 3.21. The number of halogens is 1. The fraction of sp³-hybridized carbons (Fsp3) is 0.357. The molecule has 0 bridgehead atoms. The Balaban J connectivity index is 2.45. The Morgan fingerprint density at radius 1 is 1.43 bits per heavy atom. The number of hydrogen-bond acceptors (Lipinski definition) is 5. The zero-order valence-electron chi connectivity index (χ0n) is 11.5. The molecule has 112 valence electrons. The number of ether oxygens (including phenoxy) is 2. The van der Waals surface area contributed by atoms with Crippen molar-refractivity contribution in [1.29, 1.82) is 0 Å². The Morgan fingerprint density at radius 2 is 2.05 bits per heavy atom. The van der Waals surface area contributed by atoms with Gasteiger partial charge >= 0.3 is 12.2 Å². The van der Waals surface area contributed by atoms with Crippen molar-refractivity contribution >= 4 is 17.6 Å². The van der Waals surface area contributed by atoms with Crippen LogP contribution in [-0.4, -0.2) is 23.7 Å². The number of nitrogens with zero attached hydrogens (tertiary/aromatic N) is 1. The lowest BCUT2D eigenvalue weighted by atomic mass is 9.90. The van der Waals surface area contributed by atoms with Gasteiger partial charge in [-0.15, -0.1) is 0 Å². The highest BCUT2D eigenvalue weighted by atomic mass is 35.5. The molecule has 1 aromatic carbocycles. The summed E-state index contributed by atoms with van der Waals surface area (Å²) >= 11 is 5.83. The first-order valence-electron chi connectivity index (χ1n) is 6.39. The zero-order chi connectivity index (χ0) is 15.6. The first-order valence-corrected chi connectivity index (χ1v) is 6.77. The molecule has 1 aliphatic heterocycles. The van der Waals surface area contributed by atoms with Crippen molar-refractivity contribution in [1.82, 2.24) is 0 Å². The second-order valence-corrected chi connectivity index (χ2v) is 4.95. The Labute approximate surface area is 126 Å². The molecular weight excluding hydrogens is 298 g/mol. The van der Waals surface area contributed by atoms with Gasteiger partial charge in [-0.25, -0.2) is 4.79 Å². The van der Waals surface area contributed by atoms with E-state index in [1.807, 2.05) is 0 Å². The number of carbonyl (C=O) groups is 1. The summed E-state index contributed by atoms with van der Waals surface area (Å²) in [4.78, 5) is 22.7. The number of carbonyl (C=O) groups excluding carboxylic acids is 1. The van der Waals surface area contributed by atoms with Gasteiger partial charge in [0.15, 0.2) is 0 Å². The molecule has 2 rings (SSSR count). The highest BCUT2D eigenvalue weighted by Crippen LogP contribution is 2.40. The molecule has 1 heterocycles. The third-order valence-corrected chi connectivity index (χ3v) is 3.46. The van der Waals surface area contributed by atoms with Crippen LogP contribution in [0.5, 0.6) is 0 Å². The van der Waals surface area contributed by atoms with Crippen molar-refractivity contribution in [2.75, 3.05) is 6.61 Å². The SMILES string of the molecule is CCOC(=O)C1=C(C)O[C@@H]([N+](=O)[O-])[C@H]1c1ccc(Cl)cc1. The molecule has 0 aliphatic carbocycles. The minimum Gasteiger partial charge on any atom is -0.463 e. The number of allylic oxidation sites excluding steroid dienone is 1. The van der Waals surface area contributed by atoms with Gasteiger partial charge in [0.05, 0.1) is 17.1 Å². The van der Waals surface area contributed by atoms with Gasteiger partial charge in [-0.05, 0) is 31.5 Å². The molecule has 1 aromatic rings. The summed E-state index contributed by atoms with van der Waals surface area (Å²) in [5, 5.41) is 11.7. The van der Waals surface area contributed by atoms with Gasteiger partial charge in [-0.1, -0.05) is 23.7 Å². The van der Waals surface area contributed by atoms with Crippen LogP contribution in [0.3, 0.4) is 0 Å². The van der Waals surface area contributed by atoms with Gasteiger partial charge in [-0.3, -0.25) is 10.1 Å². The second-order valence-electron chi connectivity index (χ2n) is 4.51. The summed E-state index contributed by atoms with van der Waals surface area (Å²) in [5.74, 6) is -1.19. The van der Waals surface area contributed by atoms with Crippen LogP contribution in [0.25, 0.3) is 0 Å². The first kappa shape index (κ1) is 15.3. The van der Waals surface area contributed by atoms with Crippen LogP contribution in [0.4, 0.5) is 0 Å². The van der Waals surface area contributed by atoms with Crippen LogP contribution in [-0.2, 0) is 14.3 Å². The fourth-order valence-electron chi connectivity index (χ4n) is 2.32. The van der Waals surface area contributed by atoms with E-state index in [-0.39, 0.29) is 17.9 Å². The molecule has 6 nitrogen and oxygen atoms in total. The number of nitro groups is 1. The quantitative estimate of drug-likeness (QED) is 0.485. The summed E-state index contributed by atoms with van der Waals surface area (Å²) in [6, 6.07) is 6.52. The molecule has 7 heteroatoms. The Kier molecular flexibility index (Phi) is 4.47. The second kappa shape index (κ2) is 6.13. The Hall–Kier alpha value is -2.08. The topological polar surface area (TPSA) is 78.7 Å². The molecule has 0 fully saturated rings. The highest BCUT2D eigenvalue weighted by Gasteiger charge is 2.47. The Bertz CT molecular complexity index is 596. The smallest absolute Gasteiger partial charge is 0.364 e. The maximum Gasteiger partial charge on any atom is 0.364 e. The van der Waals surface area contributed by atoms with E-state index < -0.39 is 23.0 Å². The first-order chi connectivity index (χ1) is 9.95. The number of esters is 1. The van der Waals surface area contributed by atoms with Gasteiger partial charge in [-0.2, -0.15) is 0 Å². The summed E-state index contributed by atoms with van der Waals surface area (Å²) in [7, 11) is 0. The molecular formula is C14H14ClNO5. The van der Waals surface area contributed by atoms with E-state index in [1.165, 1.54) is 6.92 Å². The molecule has 0 N–H and O–H groups in total. The molecule has 0 radical (unpaired) electrons. The molecule has 1 aliphatic rings. The van der Waals surface area contributed by atoms with Crippen LogP contribution in [0, 0.1) is 10.1 Å². The van der Waals surface area contributed by atoms with E-state index >= 15 is 0 Å². The number of hydrogen-bond donors (Lipinski definition) is 0. The van der Waals surface area contributed by atoms with E-state index in [0.717, 1.165) is 0 Å². The zero-order valence-corrected chi connectivity index (χ0v) is 12.3. The predicted molar refractivity (Wildman–Crippen MR) is 75.4 cm³/mol. The van der Waals surface area contributed by atoms with Gasteiger partial charge in [0.25, 0.3) is 0 Å². The fourth-order valence-corrected chi connectivity index (χ4v) is 2.45. The van der Waals surface area contributed by atoms with Crippen molar-refractivity contribution < 1.29 is 19.2 Å². The lowest BCUT2D eigenvalue weighted by Gasteiger charge is -2.15. The number of rotatable bonds is 4. The molecule has 2 atom stereocenters. The van der Waals surface area contributed by atoms with Gasteiger partial charge in [0.1, 0.15) is 11.7 Å². The van der Waals surface area contributed by atoms with E-state index in [1.54, 1.807) is 31.2 Å². The molecule has 0 unspecified atom stereocenters. The van der Waals surface area contributed by atoms with Gasteiger partial charge in [0, 0.05) is 5.02 Å². The van der Waals surface area contributed by atoms with Crippen LogP contribution < -0.4 is 0 Å². The van der Waals surface area contributed by atoms with E-state index in [4.69, 9.17) is 21.1 Å². The van der Waals surface area contributed by atoms with E-state index in [0.29, 0.717) is 10.6 Å². The monoisotopic (exact) mass is 311 g/mol. The lowest BCUT2D eigenvalue weighted by molar-refractivity contribution is -0.570. The largest absolute Gasteiger partial charge is 0.463 e. The molecule has 21 heavy (non-hydrogen) atoms. The van der Waals surface area contributed by atoms with Crippen molar-refractivity contribution in [3.8, 4) is 0 Å². The molecule has 0 amide bonds. The van der Waals surface area contributed by atoms with Gasteiger partial charge < -0.3 is 9.47 Å². The Morgan fingerprint density at radius 3 is 2.57 bits per heavy atom. The van der Waals surface area contributed by atoms with E-state index in [2.05, 4.69) is 0 Å². The van der Waals surface area contributed by atoms with Crippen molar-refractivity contribution in [2.45, 2.75) is 26.0 Å². The number of benzene rings is 1. The molecule has 0 spiro atoms. The van der Waals surface area contributed by atoms with Gasteiger partial charge in [0.2, 0.25) is 0 Å². The summed E-state index contributed by atoms with van der Waals surface area (Å²) in [6.45, 7) is 3.39.